The van der Waals surface area contributed by atoms with Crippen molar-refractivity contribution in [1.82, 2.24) is 14.8 Å². The summed E-state index contributed by atoms with van der Waals surface area (Å²) in [6.07, 6.45) is 0.715. The summed E-state index contributed by atoms with van der Waals surface area (Å²) >= 11 is 0. The van der Waals surface area contributed by atoms with Crippen LogP contribution in [-0.4, -0.2) is 60.1 Å². The Morgan fingerprint density at radius 2 is 2.06 bits per heavy atom. The third-order valence-electron chi connectivity index (χ3n) is 5.81. The molecule has 0 radical (unpaired) electrons. The number of primary amides is 1. The molecule has 0 spiro atoms. The van der Waals surface area contributed by atoms with E-state index in [2.05, 4.69) is 20.7 Å². The van der Waals surface area contributed by atoms with E-state index in [1.54, 1.807) is 11.8 Å². The van der Waals surface area contributed by atoms with Gasteiger partial charge in [-0.15, -0.1) is 0 Å². The molecule has 11 heteroatoms. The molecule has 0 fully saturated rings. The number of methoxy groups -OCH3 is 1. The van der Waals surface area contributed by atoms with Gasteiger partial charge < -0.3 is 31.7 Å². The van der Waals surface area contributed by atoms with Crippen molar-refractivity contribution in [3.8, 4) is 0 Å². The highest BCUT2D eigenvalue weighted by Gasteiger charge is 2.20. The lowest BCUT2D eigenvalue weighted by Gasteiger charge is -2.21. The number of aryl methyl sites for hydroxylation is 1. The van der Waals surface area contributed by atoms with Gasteiger partial charge in [0.1, 0.15) is 5.82 Å². The number of carbonyl (C=O) groups excluding carboxylic acids is 1. The van der Waals surface area contributed by atoms with Crippen LogP contribution in [0, 0.1) is 5.82 Å². The van der Waals surface area contributed by atoms with Crippen LogP contribution in [0.4, 0.5) is 27.5 Å². The minimum atomic E-state index is -0.791. The average molecular weight is 473 g/mol. The number of amides is 1. The fourth-order valence-corrected chi connectivity index (χ4v) is 3.63. The number of aromatic nitrogens is 3. The maximum Gasteiger partial charge on any atom is 0.252 e. The average Bonchev–Trinajstić information content (AvgIpc) is 3.14. The van der Waals surface area contributed by atoms with E-state index in [4.69, 9.17) is 16.2 Å². The second-order valence-corrected chi connectivity index (χ2v) is 8.30. The zero-order valence-electron chi connectivity index (χ0n) is 20.2. The first-order valence-electron chi connectivity index (χ1n) is 11.1. The Balaban J connectivity index is 1.99. The molecule has 6 N–H and O–H groups in total. The van der Waals surface area contributed by atoms with Crippen LogP contribution in [0.1, 0.15) is 30.6 Å². The Morgan fingerprint density at radius 1 is 1.32 bits per heavy atom. The predicted molar refractivity (Wildman–Crippen MR) is 133 cm³/mol. The van der Waals surface area contributed by atoms with Gasteiger partial charge in [0.15, 0.2) is 17.5 Å². The van der Waals surface area contributed by atoms with Crippen LogP contribution in [0.25, 0.3) is 10.9 Å². The molecule has 2 atom stereocenters. The lowest BCUT2D eigenvalue weighted by Crippen LogP contribution is -2.38. The van der Waals surface area contributed by atoms with Crippen molar-refractivity contribution in [1.29, 1.82) is 0 Å². The number of hydrogen-bond donors (Lipinski definition) is 4. The van der Waals surface area contributed by atoms with Crippen LogP contribution in [0.15, 0.2) is 24.3 Å². The van der Waals surface area contributed by atoms with E-state index in [1.807, 2.05) is 51.0 Å². The smallest absolute Gasteiger partial charge is 0.252 e. The van der Waals surface area contributed by atoms with Gasteiger partial charge in [0, 0.05) is 50.9 Å². The predicted octanol–water partition coefficient (Wildman–Crippen LogP) is 2.57. The summed E-state index contributed by atoms with van der Waals surface area (Å²) in [4.78, 5) is 18.3. The number of nitrogens with two attached hydrogens (primary N) is 2. The molecule has 0 aliphatic rings. The molecule has 3 aromatic rings. The monoisotopic (exact) mass is 472 g/mol. The number of nitrogens with one attached hydrogen (secondary N) is 2. The van der Waals surface area contributed by atoms with Crippen LogP contribution >= 0.6 is 0 Å². The lowest BCUT2D eigenvalue weighted by molar-refractivity contribution is 0.100. The van der Waals surface area contributed by atoms with Crippen LogP contribution in [-0.2, 0) is 11.8 Å². The SMILES string of the molecule is CC[C@H](N)[C@@H](C)Nc1nc(Nc2ccc3c(c2)c(N(C)CCOC)nn3C)c(C(N)=O)cc1F. The third-order valence-corrected chi connectivity index (χ3v) is 5.81. The molecule has 0 unspecified atom stereocenters. The number of ether oxygens (including phenoxy) is 1. The van der Waals surface area contributed by atoms with Crippen LogP contribution in [0.5, 0.6) is 0 Å². The molecular formula is C23H33FN8O2. The summed E-state index contributed by atoms with van der Waals surface area (Å²) in [6, 6.07) is 6.32. The van der Waals surface area contributed by atoms with Crippen LogP contribution in [0.2, 0.25) is 0 Å². The number of pyridine rings is 1. The van der Waals surface area contributed by atoms with E-state index in [-0.39, 0.29) is 29.3 Å². The molecule has 0 saturated heterocycles. The second-order valence-electron chi connectivity index (χ2n) is 8.30. The van der Waals surface area contributed by atoms with Crippen molar-refractivity contribution in [2.24, 2.45) is 18.5 Å². The fourth-order valence-electron chi connectivity index (χ4n) is 3.63. The van der Waals surface area contributed by atoms with Crippen molar-refractivity contribution < 1.29 is 13.9 Å². The van der Waals surface area contributed by atoms with Crippen molar-refractivity contribution in [2.75, 3.05) is 42.8 Å². The normalized spacial score (nSPS) is 13.0. The van der Waals surface area contributed by atoms with E-state index < -0.39 is 11.7 Å². The van der Waals surface area contributed by atoms with Crippen molar-refractivity contribution in [3.05, 3.63) is 35.6 Å². The minimum absolute atomic E-state index is 0.00801. The number of benzene rings is 1. The molecule has 0 saturated carbocycles. The van der Waals surface area contributed by atoms with Gasteiger partial charge in [-0.25, -0.2) is 9.37 Å². The van der Waals surface area contributed by atoms with Crippen molar-refractivity contribution >= 4 is 40.0 Å². The van der Waals surface area contributed by atoms with Gasteiger partial charge in [0.25, 0.3) is 5.91 Å². The first-order valence-corrected chi connectivity index (χ1v) is 11.1. The lowest BCUT2D eigenvalue weighted by atomic mass is 10.1. The van der Waals surface area contributed by atoms with Crippen LogP contribution < -0.4 is 27.0 Å². The highest BCUT2D eigenvalue weighted by molar-refractivity contribution is 5.99. The summed E-state index contributed by atoms with van der Waals surface area (Å²) in [5.74, 6) is -0.553. The summed E-state index contributed by atoms with van der Waals surface area (Å²) in [5, 5.41) is 11.6. The van der Waals surface area contributed by atoms with E-state index >= 15 is 0 Å². The minimum Gasteiger partial charge on any atom is -0.383 e. The maximum absolute atomic E-state index is 14.7. The Kier molecular flexibility index (Phi) is 7.90. The van der Waals surface area contributed by atoms with Crippen LogP contribution in [0.3, 0.4) is 0 Å². The highest BCUT2D eigenvalue weighted by Crippen LogP contribution is 2.30. The number of fused-ring (bicyclic) bond motifs is 1. The van der Waals surface area contributed by atoms with Gasteiger partial charge in [-0.1, -0.05) is 6.92 Å². The van der Waals surface area contributed by atoms with Gasteiger partial charge in [-0.2, -0.15) is 5.10 Å². The molecular weight excluding hydrogens is 439 g/mol. The number of nitrogens with zero attached hydrogens (tertiary/aromatic N) is 4. The Morgan fingerprint density at radius 3 is 2.71 bits per heavy atom. The molecule has 1 amide bonds. The van der Waals surface area contributed by atoms with E-state index in [1.165, 1.54) is 0 Å². The quantitative estimate of drug-likeness (QED) is 0.334. The first-order chi connectivity index (χ1) is 16.2. The number of rotatable bonds is 11. The number of halogens is 1. The standard InChI is InChI=1S/C23H33FN8O2/c1-6-18(25)13(2)27-22-17(24)12-16(20(26)33)21(29-22)28-14-7-8-19-15(11-14)23(30-32(19)4)31(3)9-10-34-5/h7-8,11-13,18H,6,9-10,25H2,1-5H3,(H2,26,33)(H2,27,28,29)/t13-,18+/m1/s1. The third kappa shape index (κ3) is 5.37. The number of carbonyl (C=O) groups is 1. The Labute approximate surface area is 198 Å². The first kappa shape index (κ1) is 25.2. The topological polar surface area (TPSA) is 136 Å². The molecule has 0 bridgehead atoms. The largest absolute Gasteiger partial charge is 0.383 e. The molecule has 184 valence electrons. The summed E-state index contributed by atoms with van der Waals surface area (Å²) in [5.41, 5.74) is 13.1. The number of anilines is 4. The molecule has 0 aliphatic heterocycles. The molecule has 34 heavy (non-hydrogen) atoms. The van der Waals surface area contributed by atoms with Gasteiger partial charge >= 0.3 is 0 Å². The van der Waals surface area contributed by atoms with E-state index in [0.717, 1.165) is 22.8 Å². The maximum atomic E-state index is 14.7. The number of hydrogen-bond acceptors (Lipinski definition) is 8. The summed E-state index contributed by atoms with van der Waals surface area (Å²) < 4.78 is 21.7. The summed E-state index contributed by atoms with van der Waals surface area (Å²) in [7, 11) is 5.46. The van der Waals surface area contributed by atoms with E-state index in [0.29, 0.717) is 25.3 Å². The highest BCUT2D eigenvalue weighted by atomic mass is 19.1. The molecule has 0 aliphatic carbocycles. The fraction of sp³-hybridized carbons (Fsp3) is 0.435. The zero-order valence-corrected chi connectivity index (χ0v) is 20.2. The van der Waals surface area contributed by atoms with Gasteiger partial charge in [0.2, 0.25) is 0 Å². The van der Waals surface area contributed by atoms with Gasteiger partial charge in [-0.3, -0.25) is 9.48 Å². The molecule has 2 aromatic heterocycles. The van der Waals surface area contributed by atoms with E-state index in [9.17, 15) is 9.18 Å². The molecule has 2 heterocycles. The van der Waals surface area contributed by atoms with Gasteiger partial charge in [0.05, 0.1) is 17.7 Å². The Hall–Kier alpha value is -3.44. The van der Waals surface area contributed by atoms with Crippen molar-refractivity contribution in [3.63, 3.8) is 0 Å². The molecule has 10 nitrogen and oxygen atoms in total. The second kappa shape index (κ2) is 10.7. The van der Waals surface area contributed by atoms with Crippen molar-refractivity contribution in [2.45, 2.75) is 32.4 Å². The number of likely N-dealkylation sites (N-methyl/N-ethyl adjacent to an activating group) is 1. The Bertz CT molecular complexity index is 1170. The molecule has 3 rings (SSSR count). The van der Waals surface area contributed by atoms with Gasteiger partial charge in [-0.05, 0) is 37.6 Å². The summed E-state index contributed by atoms with van der Waals surface area (Å²) in [6.45, 7) is 5.02. The molecule has 1 aromatic carbocycles. The zero-order chi connectivity index (χ0) is 25.0.